The van der Waals surface area contributed by atoms with Gasteiger partial charge in [-0.3, -0.25) is 4.90 Å². The van der Waals surface area contributed by atoms with Gasteiger partial charge in [0.15, 0.2) is 0 Å². The summed E-state index contributed by atoms with van der Waals surface area (Å²) >= 11 is 1.69. The molecule has 2 aromatic heterocycles. The van der Waals surface area contributed by atoms with Crippen molar-refractivity contribution in [3.8, 4) is 11.3 Å². The summed E-state index contributed by atoms with van der Waals surface area (Å²) in [5.74, 6) is 0.599. The molecule has 4 rings (SSSR count). The molecule has 1 N–H and O–H groups in total. The third-order valence-corrected chi connectivity index (χ3v) is 5.40. The Hall–Kier alpha value is -1.98. The van der Waals surface area contributed by atoms with Gasteiger partial charge in [-0.2, -0.15) is 0 Å². The number of nitrogens with zero attached hydrogens (tertiary/aromatic N) is 3. The number of aromatic amines is 1. The minimum atomic E-state index is 0.599. The maximum atomic E-state index is 4.23. The second-order valence-corrected chi connectivity index (χ2v) is 6.96. The molecule has 1 fully saturated rings. The van der Waals surface area contributed by atoms with E-state index in [-0.39, 0.29) is 0 Å². The van der Waals surface area contributed by atoms with Crippen LogP contribution in [0, 0.1) is 0 Å². The summed E-state index contributed by atoms with van der Waals surface area (Å²) in [4.78, 5) is 6.08. The van der Waals surface area contributed by atoms with Crippen molar-refractivity contribution in [3.05, 3.63) is 58.7 Å². The van der Waals surface area contributed by atoms with E-state index in [4.69, 9.17) is 0 Å². The first-order valence-electron chi connectivity index (χ1n) is 8.10. The second kappa shape index (κ2) is 6.64. The van der Waals surface area contributed by atoms with Crippen LogP contribution in [-0.2, 0) is 6.54 Å². The number of H-pyrrole nitrogens is 1. The third kappa shape index (κ3) is 3.35. The molecule has 0 amide bonds. The van der Waals surface area contributed by atoms with Crippen LogP contribution in [0.4, 0.5) is 0 Å². The lowest BCUT2D eigenvalue weighted by molar-refractivity contribution is 0.202. The molecule has 0 saturated carbocycles. The highest BCUT2D eigenvalue weighted by Crippen LogP contribution is 2.29. The summed E-state index contributed by atoms with van der Waals surface area (Å²) in [6, 6.07) is 14.9. The Balaban J connectivity index is 1.36. The van der Waals surface area contributed by atoms with Crippen molar-refractivity contribution in [2.24, 2.45) is 0 Å². The molecule has 1 aliphatic rings. The van der Waals surface area contributed by atoms with Crippen molar-refractivity contribution in [1.82, 2.24) is 20.1 Å². The van der Waals surface area contributed by atoms with Gasteiger partial charge in [-0.05, 0) is 43.6 Å². The van der Waals surface area contributed by atoms with Crippen molar-refractivity contribution in [3.63, 3.8) is 0 Å². The van der Waals surface area contributed by atoms with Crippen LogP contribution in [0.3, 0.4) is 0 Å². The first kappa shape index (κ1) is 14.6. The zero-order valence-electron chi connectivity index (χ0n) is 13.0. The molecule has 1 saturated heterocycles. The molecule has 1 aliphatic heterocycles. The molecule has 3 heterocycles. The van der Waals surface area contributed by atoms with Crippen LogP contribution < -0.4 is 0 Å². The lowest BCUT2D eigenvalue weighted by Gasteiger charge is -2.30. The van der Waals surface area contributed by atoms with Crippen LogP contribution in [0.25, 0.3) is 11.3 Å². The molecule has 3 aromatic rings. The number of piperidine rings is 1. The monoisotopic (exact) mass is 324 g/mol. The van der Waals surface area contributed by atoms with Crippen LogP contribution in [0.1, 0.15) is 29.5 Å². The highest BCUT2D eigenvalue weighted by atomic mass is 32.1. The van der Waals surface area contributed by atoms with E-state index in [1.54, 1.807) is 11.3 Å². The summed E-state index contributed by atoms with van der Waals surface area (Å²) in [5.41, 5.74) is 5.57. The average Bonchev–Trinajstić information content (AvgIpc) is 3.28. The first-order chi connectivity index (χ1) is 11.4. The summed E-state index contributed by atoms with van der Waals surface area (Å²) in [5, 5.41) is 9.40. The Bertz CT molecular complexity index is 727. The maximum Gasteiger partial charge on any atom is 0.120 e. The number of rotatable bonds is 4. The molecule has 23 heavy (non-hydrogen) atoms. The minimum Gasteiger partial charge on any atom is -0.357 e. The van der Waals surface area contributed by atoms with Crippen molar-refractivity contribution in [1.29, 1.82) is 0 Å². The fourth-order valence-electron chi connectivity index (χ4n) is 3.26. The molecule has 5 heteroatoms. The Kier molecular flexibility index (Phi) is 4.22. The number of hydrogen-bond donors (Lipinski definition) is 1. The van der Waals surface area contributed by atoms with E-state index in [1.807, 2.05) is 5.51 Å². The molecular weight excluding hydrogens is 304 g/mol. The molecule has 0 radical (unpaired) electrons. The van der Waals surface area contributed by atoms with Crippen LogP contribution in [0.15, 0.2) is 48.0 Å². The van der Waals surface area contributed by atoms with E-state index in [1.165, 1.54) is 34.8 Å². The average molecular weight is 324 g/mol. The van der Waals surface area contributed by atoms with E-state index >= 15 is 0 Å². The topological polar surface area (TPSA) is 44.8 Å². The molecule has 1 aromatic carbocycles. The van der Waals surface area contributed by atoms with Crippen molar-refractivity contribution in [2.45, 2.75) is 25.3 Å². The predicted octanol–water partition coefficient (Wildman–Crippen LogP) is 3.91. The fourth-order valence-corrected chi connectivity index (χ4v) is 3.98. The summed E-state index contributed by atoms with van der Waals surface area (Å²) in [6.45, 7) is 3.25. The van der Waals surface area contributed by atoms with Crippen LogP contribution in [0.5, 0.6) is 0 Å². The molecule has 0 aliphatic carbocycles. The van der Waals surface area contributed by atoms with Crippen LogP contribution in [-0.4, -0.2) is 33.2 Å². The fraction of sp³-hybridized carbons (Fsp3) is 0.333. The van der Waals surface area contributed by atoms with Gasteiger partial charge >= 0.3 is 0 Å². The Morgan fingerprint density at radius 2 is 1.91 bits per heavy atom. The number of benzene rings is 1. The van der Waals surface area contributed by atoms with Crippen molar-refractivity contribution in [2.75, 3.05) is 13.1 Å². The summed E-state index contributed by atoms with van der Waals surface area (Å²) in [6.07, 6.45) is 2.36. The summed E-state index contributed by atoms with van der Waals surface area (Å²) < 4.78 is 0. The number of hydrogen-bond acceptors (Lipinski definition) is 4. The van der Waals surface area contributed by atoms with E-state index in [2.05, 4.69) is 62.5 Å². The molecule has 0 atom stereocenters. The number of aromatic nitrogens is 3. The van der Waals surface area contributed by atoms with Gasteiger partial charge in [0.25, 0.3) is 0 Å². The van der Waals surface area contributed by atoms with Gasteiger partial charge in [0.05, 0.1) is 0 Å². The van der Waals surface area contributed by atoms with Gasteiger partial charge in [0.2, 0.25) is 0 Å². The van der Waals surface area contributed by atoms with Gasteiger partial charge in [0.1, 0.15) is 10.5 Å². The number of nitrogens with one attached hydrogen (secondary N) is 1. The second-order valence-electron chi connectivity index (χ2n) is 6.09. The molecule has 0 unspecified atom stereocenters. The molecule has 0 spiro atoms. The Morgan fingerprint density at radius 3 is 2.65 bits per heavy atom. The van der Waals surface area contributed by atoms with Crippen molar-refractivity contribution < 1.29 is 0 Å². The zero-order chi connectivity index (χ0) is 15.5. The van der Waals surface area contributed by atoms with E-state index in [0.29, 0.717) is 5.92 Å². The van der Waals surface area contributed by atoms with E-state index < -0.39 is 0 Å². The lowest BCUT2D eigenvalue weighted by atomic mass is 9.97. The predicted molar refractivity (Wildman–Crippen MR) is 93.4 cm³/mol. The quantitative estimate of drug-likeness (QED) is 0.791. The van der Waals surface area contributed by atoms with Crippen LogP contribution in [0.2, 0.25) is 0 Å². The highest BCUT2D eigenvalue weighted by Gasteiger charge is 2.22. The lowest BCUT2D eigenvalue weighted by Crippen LogP contribution is -2.32. The Morgan fingerprint density at radius 1 is 1.09 bits per heavy atom. The van der Waals surface area contributed by atoms with Gasteiger partial charge in [-0.15, -0.1) is 21.5 Å². The minimum absolute atomic E-state index is 0.599. The Labute approximate surface area is 140 Å². The largest absolute Gasteiger partial charge is 0.357 e. The van der Waals surface area contributed by atoms with E-state index in [0.717, 1.165) is 19.6 Å². The highest BCUT2D eigenvalue weighted by molar-refractivity contribution is 7.09. The standard InChI is InChI=1S/C18H20N4S/c1-2-4-14(5-3-1)17-7-6-16(20-17)12-22-10-8-15(9-11-22)18-21-19-13-23-18/h1-7,13,15,20H,8-12H2. The van der Waals surface area contributed by atoms with Crippen LogP contribution >= 0.6 is 11.3 Å². The SMILES string of the molecule is c1ccc(-c2ccc(CN3CCC(c4nncs4)CC3)[nH]2)cc1. The molecular formula is C18H20N4S. The van der Waals surface area contributed by atoms with Gasteiger partial charge in [-0.1, -0.05) is 30.3 Å². The van der Waals surface area contributed by atoms with Gasteiger partial charge < -0.3 is 4.98 Å². The van der Waals surface area contributed by atoms with Gasteiger partial charge in [-0.25, -0.2) is 0 Å². The normalized spacial score (nSPS) is 16.7. The van der Waals surface area contributed by atoms with Gasteiger partial charge in [0, 0.05) is 23.9 Å². The summed E-state index contributed by atoms with van der Waals surface area (Å²) in [7, 11) is 0. The molecule has 0 bridgehead atoms. The zero-order valence-corrected chi connectivity index (χ0v) is 13.8. The van der Waals surface area contributed by atoms with Crippen molar-refractivity contribution >= 4 is 11.3 Å². The van der Waals surface area contributed by atoms with E-state index in [9.17, 15) is 0 Å². The first-order valence-corrected chi connectivity index (χ1v) is 8.98. The maximum absolute atomic E-state index is 4.23. The number of likely N-dealkylation sites (tertiary alicyclic amines) is 1. The molecule has 4 nitrogen and oxygen atoms in total. The molecule has 118 valence electrons. The third-order valence-electron chi connectivity index (χ3n) is 4.54. The smallest absolute Gasteiger partial charge is 0.120 e.